The van der Waals surface area contributed by atoms with Crippen molar-refractivity contribution >= 4 is 34.5 Å². The summed E-state index contributed by atoms with van der Waals surface area (Å²) in [5, 5.41) is 7.21. The minimum atomic E-state index is -0.750. The van der Waals surface area contributed by atoms with Gasteiger partial charge in [-0.2, -0.15) is 0 Å². The number of hydrogen-bond acceptors (Lipinski definition) is 3. The van der Waals surface area contributed by atoms with Gasteiger partial charge in [0.05, 0.1) is 10.9 Å². The van der Waals surface area contributed by atoms with Crippen molar-refractivity contribution in [1.29, 1.82) is 5.41 Å². The summed E-state index contributed by atoms with van der Waals surface area (Å²) < 4.78 is 28.6. The lowest BCUT2D eigenvalue weighted by molar-refractivity contribution is 0.576. The molecule has 0 radical (unpaired) electrons. The van der Waals surface area contributed by atoms with E-state index in [1.807, 2.05) is 6.07 Å². The molecule has 2 aromatic rings. The van der Waals surface area contributed by atoms with E-state index < -0.39 is 11.6 Å². The zero-order valence-corrected chi connectivity index (χ0v) is 12.2. The van der Waals surface area contributed by atoms with Crippen LogP contribution in [0.3, 0.4) is 0 Å². The van der Waals surface area contributed by atoms with Crippen molar-refractivity contribution < 1.29 is 8.78 Å². The molecule has 7 heteroatoms. The van der Waals surface area contributed by atoms with Gasteiger partial charge < -0.3 is 10.6 Å². The number of nitrogens with two attached hydrogens (primary N) is 1. The first-order valence-corrected chi connectivity index (χ1v) is 6.86. The highest BCUT2D eigenvalue weighted by Gasteiger charge is 2.17. The third kappa shape index (κ3) is 3.08. The standard InChI is InChI=1S/C13H12ClF2N3S/c1-19(6-8-2-3-11(14)20-8)12-9(15)4-7(13(17)18)5-10(12)16/h2-5H,6H2,1H3,(H3,17,18). The van der Waals surface area contributed by atoms with Crippen LogP contribution in [0, 0.1) is 17.0 Å². The Labute approximate surface area is 124 Å². The molecule has 0 spiro atoms. The van der Waals surface area contributed by atoms with E-state index >= 15 is 0 Å². The summed E-state index contributed by atoms with van der Waals surface area (Å²) >= 11 is 7.18. The smallest absolute Gasteiger partial charge is 0.150 e. The summed E-state index contributed by atoms with van der Waals surface area (Å²) in [6, 6.07) is 5.65. The molecule has 3 nitrogen and oxygen atoms in total. The summed E-state index contributed by atoms with van der Waals surface area (Å²) in [6.07, 6.45) is 0. The number of amidine groups is 1. The largest absolute Gasteiger partial charge is 0.384 e. The van der Waals surface area contributed by atoms with Gasteiger partial charge in [-0.05, 0) is 24.3 Å². The highest BCUT2D eigenvalue weighted by atomic mass is 35.5. The third-order valence-corrected chi connectivity index (χ3v) is 3.95. The first-order valence-electron chi connectivity index (χ1n) is 5.67. The number of nitrogens with one attached hydrogen (secondary N) is 1. The van der Waals surface area contributed by atoms with Crippen LogP contribution in [0.2, 0.25) is 4.34 Å². The molecule has 106 valence electrons. The molecule has 0 amide bonds. The van der Waals surface area contributed by atoms with Crippen molar-refractivity contribution in [3.8, 4) is 0 Å². The van der Waals surface area contributed by atoms with Crippen LogP contribution in [-0.4, -0.2) is 12.9 Å². The maximum atomic E-state index is 14.0. The van der Waals surface area contributed by atoms with E-state index in [0.29, 0.717) is 10.9 Å². The molecule has 0 saturated heterocycles. The zero-order chi connectivity index (χ0) is 14.9. The van der Waals surface area contributed by atoms with E-state index in [0.717, 1.165) is 17.0 Å². The highest BCUT2D eigenvalue weighted by Crippen LogP contribution is 2.28. The molecule has 0 unspecified atom stereocenters. The molecule has 0 atom stereocenters. The van der Waals surface area contributed by atoms with E-state index in [2.05, 4.69) is 0 Å². The monoisotopic (exact) mass is 315 g/mol. The van der Waals surface area contributed by atoms with E-state index in [9.17, 15) is 8.78 Å². The molecule has 3 N–H and O–H groups in total. The fourth-order valence-electron chi connectivity index (χ4n) is 1.84. The summed E-state index contributed by atoms with van der Waals surface area (Å²) in [7, 11) is 1.59. The quantitative estimate of drug-likeness (QED) is 0.669. The maximum absolute atomic E-state index is 14.0. The molecular formula is C13H12ClF2N3S. The Bertz CT molecular complexity index is 634. The Morgan fingerprint density at radius 2 is 1.95 bits per heavy atom. The predicted molar refractivity (Wildman–Crippen MR) is 78.8 cm³/mol. The van der Waals surface area contributed by atoms with Gasteiger partial charge in [0.15, 0.2) is 0 Å². The number of anilines is 1. The number of benzene rings is 1. The molecule has 0 fully saturated rings. The lowest BCUT2D eigenvalue weighted by Crippen LogP contribution is -2.20. The van der Waals surface area contributed by atoms with Crippen molar-refractivity contribution in [1.82, 2.24) is 0 Å². The molecule has 1 aromatic heterocycles. The van der Waals surface area contributed by atoms with E-state index in [4.69, 9.17) is 22.7 Å². The maximum Gasteiger partial charge on any atom is 0.150 e. The summed E-state index contributed by atoms with van der Waals surface area (Å²) in [5.41, 5.74) is 5.10. The molecule has 0 saturated carbocycles. The first-order chi connectivity index (χ1) is 9.38. The lowest BCUT2D eigenvalue weighted by atomic mass is 10.1. The number of nitrogens with zero attached hydrogens (tertiary/aromatic N) is 1. The second kappa shape index (κ2) is 5.76. The molecule has 0 bridgehead atoms. The van der Waals surface area contributed by atoms with Crippen LogP contribution >= 0.6 is 22.9 Å². The van der Waals surface area contributed by atoms with Crippen LogP contribution in [0.1, 0.15) is 10.4 Å². The van der Waals surface area contributed by atoms with Crippen molar-refractivity contribution in [2.75, 3.05) is 11.9 Å². The minimum Gasteiger partial charge on any atom is -0.384 e. The van der Waals surface area contributed by atoms with Gasteiger partial charge in [-0.15, -0.1) is 11.3 Å². The second-order valence-corrected chi connectivity index (χ2v) is 6.06. The highest BCUT2D eigenvalue weighted by molar-refractivity contribution is 7.16. The number of rotatable bonds is 4. The first kappa shape index (κ1) is 14.7. The molecule has 1 aromatic carbocycles. The predicted octanol–water partition coefficient (Wildman–Crippen LogP) is 3.60. The van der Waals surface area contributed by atoms with Crippen LogP contribution in [0.25, 0.3) is 0 Å². The number of hydrogen-bond donors (Lipinski definition) is 2. The van der Waals surface area contributed by atoms with Crippen LogP contribution in [0.4, 0.5) is 14.5 Å². The van der Waals surface area contributed by atoms with Crippen LogP contribution in [0.15, 0.2) is 24.3 Å². The van der Waals surface area contributed by atoms with Crippen molar-refractivity contribution in [3.63, 3.8) is 0 Å². The molecule has 0 aliphatic carbocycles. The van der Waals surface area contributed by atoms with Crippen LogP contribution < -0.4 is 10.6 Å². The van der Waals surface area contributed by atoms with E-state index in [1.54, 1.807) is 13.1 Å². The molecule has 20 heavy (non-hydrogen) atoms. The molecule has 0 aliphatic rings. The third-order valence-electron chi connectivity index (χ3n) is 2.73. The van der Waals surface area contributed by atoms with E-state index in [-0.39, 0.29) is 17.1 Å². The zero-order valence-electron chi connectivity index (χ0n) is 10.6. The number of thiophene rings is 1. The topological polar surface area (TPSA) is 53.1 Å². The SMILES string of the molecule is CN(Cc1ccc(Cl)s1)c1c(F)cc(C(=N)N)cc1F. The van der Waals surface area contributed by atoms with Crippen LogP contribution in [-0.2, 0) is 6.54 Å². The fourth-order valence-corrected chi connectivity index (χ4v) is 2.98. The Morgan fingerprint density at radius 3 is 2.40 bits per heavy atom. The summed E-state index contributed by atoms with van der Waals surface area (Å²) in [6.45, 7) is 0.338. The van der Waals surface area contributed by atoms with Gasteiger partial charge in [-0.1, -0.05) is 11.6 Å². The van der Waals surface area contributed by atoms with Gasteiger partial charge in [0.1, 0.15) is 23.2 Å². The van der Waals surface area contributed by atoms with Crippen molar-refractivity contribution in [3.05, 3.63) is 50.7 Å². The average Bonchev–Trinajstić information content (AvgIpc) is 2.73. The molecule has 0 aliphatic heterocycles. The Kier molecular flexibility index (Phi) is 4.25. The summed E-state index contributed by atoms with van der Waals surface area (Å²) in [5.74, 6) is -1.87. The van der Waals surface area contributed by atoms with Gasteiger partial charge in [-0.3, -0.25) is 5.41 Å². The minimum absolute atomic E-state index is 0.0244. The molecule has 1 heterocycles. The van der Waals surface area contributed by atoms with Crippen LogP contribution in [0.5, 0.6) is 0 Å². The van der Waals surface area contributed by atoms with Gasteiger partial charge in [0.25, 0.3) is 0 Å². The number of nitrogen functional groups attached to an aromatic ring is 1. The molecular weight excluding hydrogens is 304 g/mol. The summed E-state index contributed by atoms with van der Waals surface area (Å²) in [4.78, 5) is 2.35. The van der Waals surface area contributed by atoms with E-state index in [1.165, 1.54) is 16.2 Å². The lowest BCUT2D eigenvalue weighted by Gasteiger charge is -2.20. The normalized spacial score (nSPS) is 10.6. The van der Waals surface area contributed by atoms with Gasteiger partial charge in [0, 0.05) is 17.5 Å². The van der Waals surface area contributed by atoms with Crippen molar-refractivity contribution in [2.24, 2.45) is 5.73 Å². The van der Waals surface area contributed by atoms with Gasteiger partial charge in [-0.25, -0.2) is 8.78 Å². The number of halogens is 3. The second-order valence-electron chi connectivity index (χ2n) is 4.26. The van der Waals surface area contributed by atoms with Gasteiger partial charge >= 0.3 is 0 Å². The van der Waals surface area contributed by atoms with Gasteiger partial charge in [0.2, 0.25) is 0 Å². The Hall–Kier alpha value is -1.66. The Morgan fingerprint density at radius 1 is 1.35 bits per heavy atom. The average molecular weight is 316 g/mol. The fraction of sp³-hybridized carbons (Fsp3) is 0.154. The van der Waals surface area contributed by atoms with Crippen molar-refractivity contribution in [2.45, 2.75) is 6.54 Å². The Balaban J connectivity index is 2.30. The molecule has 2 rings (SSSR count).